The van der Waals surface area contributed by atoms with Crippen LogP contribution in [0.3, 0.4) is 0 Å². The zero-order chi connectivity index (χ0) is 23.0. The number of carbonyl (C=O) groups excluding carboxylic acids is 2. The van der Waals surface area contributed by atoms with Crippen molar-refractivity contribution in [1.29, 1.82) is 0 Å². The first-order chi connectivity index (χ1) is 15.3. The van der Waals surface area contributed by atoms with Gasteiger partial charge in [0.2, 0.25) is 0 Å². The third-order valence-corrected chi connectivity index (χ3v) is 5.16. The molecule has 1 aliphatic heterocycles. The van der Waals surface area contributed by atoms with Gasteiger partial charge in [-0.05, 0) is 54.1 Å². The number of ketones is 1. The largest absolute Gasteiger partial charge is 0.508 e. The third kappa shape index (κ3) is 3.56. The molecule has 6 nitrogen and oxygen atoms in total. The van der Waals surface area contributed by atoms with Crippen LogP contribution in [0.5, 0.6) is 11.5 Å². The molecule has 1 saturated heterocycles. The van der Waals surface area contributed by atoms with Gasteiger partial charge in [0.25, 0.3) is 11.7 Å². The first-order valence-electron chi connectivity index (χ1n) is 9.51. The molecule has 3 aromatic rings. The van der Waals surface area contributed by atoms with Crippen LogP contribution in [-0.4, -0.2) is 29.0 Å². The number of ether oxygens (including phenoxy) is 1. The normalized spacial score (nSPS) is 17.6. The average Bonchev–Trinajstić information content (AvgIpc) is 3.04. The molecule has 0 spiro atoms. The number of Topliss-reactive ketones (excluding diaryl/α,β-unsaturated/α-hetero) is 1. The van der Waals surface area contributed by atoms with Gasteiger partial charge in [-0.2, -0.15) is 0 Å². The van der Waals surface area contributed by atoms with Crippen LogP contribution in [0.1, 0.15) is 17.2 Å². The minimum atomic E-state index is -1.26. The summed E-state index contributed by atoms with van der Waals surface area (Å²) in [5.74, 6) is -4.17. The summed E-state index contributed by atoms with van der Waals surface area (Å²) in [4.78, 5) is 26.8. The molecule has 0 aromatic heterocycles. The van der Waals surface area contributed by atoms with Crippen molar-refractivity contribution in [2.24, 2.45) is 0 Å². The van der Waals surface area contributed by atoms with E-state index >= 15 is 0 Å². The Labute approximate surface area is 181 Å². The van der Waals surface area contributed by atoms with Gasteiger partial charge in [0.1, 0.15) is 28.9 Å². The Morgan fingerprint density at radius 1 is 1.00 bits per heavy atom. The van der Waals surface area contributed by atoms with E-state index in [9.17, 15) is 28.6 Å². The first-order valence-corrected chi connectivity index (χ1v) is 9.51. The smallest absolute Gasteiger partial charge is 0.300 e. The number of aliphatic hydroxyl groups excluding tert-OH is 1. The van der Waals surface area contributed by atoms with Crippen LogP contribution < -0.4 is 9.64 Å². The van der Waals surface area contributed by atoms with Gasteiger partial charge in [-0.25, -0.2) is 8.78 Å². The number of phenolic OH excluding ortho intramolecular Hbond substituents is 1. The second kappa shape index (κ2) is 8.14. The Balaban J connectivity index is 1.95. The van der Waals surface area contributed by atoms with E-state index in [0.717, 1.165) is 17.0 Å². The van der Waals surface area contributed by atoms with Crippen LogP contribution >= 0.6 is 0 Å². The molecule has 1 unspecified atom stereocenters. The molecule has 0 bridgehead atoms. The summed E-state index contributed by atoms with van der Waals surface area (Å²) in [5.41, 5.74) is -0.151. The molecule has 32 heavy (non-hydrogen) atoms. The van der Waals surface area contributed by atoms with Crippen molar-refractivity contribution < 1.29 is 33.3 Å². The Hall–Kier alpha value is -4.20. The predicted molar refractivity (Wildman–Crippen MR) is 112 cm³/mol. The number of hydrogen-bond donors (Lipinski definition) is 2. The molecule has 0 radical (unpaired) electrons. The lowest BCUT2D eigenvalue weighted by atomic mass is 9.95. The monoisotopic (exact) mass is 437 g/mol. The molecular weight excluding hydrogens is 420 g/mol. The van der Waals surface area contributed by atoms with Crippen molar-refractivity contribution in [3.05, 3.63) is 95.1 Å². The van der Waals surface area contributed by atoms with Gasteiger partial charge < -0.3 is 14.9 Å². The molecule has 162 valence electrons. The number of carbonyl (C=O) groups is 2. The summed E-state index contributed by atoms with van der Waals surface area (Å²) in [6.45, 7) is 0. The molecule has 1 aliphatic rings. The van der Waals surface area contributed by atoms with Crippen molar-refractivity contribution in [3.63, 3.8) is 0 Å². The lowest BCUT2D eigenvalue weighted by Gasteiger charge is -2.26. The fraction of sp³-hybridized carbons (Fsp3) is 0.0833. The number of anilines is 1. The minimum Gasteiger partial charge on any atom is -0.508 e. The molecule has 8 heteroatoms. The molecule has 0 saturated carbocycles. The number of amides is 1. The molecule has 1 fully saturated rings. The summed E-state index contributed by atoms with van der Waals surface area (Å²) in [7, 11) is 1.47. The summed E-state index contributed by atoms with van der Waals surface area (Å²) in [6, 6.07) is 13.2. The van der Waals surface area contributed by atoms with E-state index in [1.54, 1.807) is 12.1 Å². The predicted octanol–water partition coefficient (Wildman–Crippen LogP) is 4.31. The average molecular weight is 437 g/mol. The highest BCUT2D eigenvalue weighted by atomic mass is 19.1. The molecule has 3 aromatic carbocycles. The van der Waals surface area contributed by atoms with Gasteiger partial charge in [-0.15, -0.1) is 0 Å². The lowest BCUT2D eigenvalue weighted by molar-refractivity contribution is -0.132. The first kappa shape index (κ1) is 21.0. The number of aromatic hydroxyl groups is 1. The molecule has 1 atom stereocenters. The highest BCUT2D eigenvalue weighted by Crippen LogP contribution is 2.43. The fourth-order valence-corrected chi connectivity index (χ4v) is 3.67. The van der Waals surface area contributed by atoms with Crippen molar-refractivity contribution in [3.8, 4) is 11.5 Å². The van der Waals surface area contributed by atoms with Crippen LogP contribution in [0.25, 0.3) is 5.76 Å². The molecule has 1 heterocycles. The number of aliphatic hydroxyl groups is 1. The summed E-state index contributed by atoms with van der Waals surface area (Å²) < 4.78 is 33.2. The molecule has 0 aliphatic carbocycles. The Bertz CT molecular complexity index is 1250. The number of halogens is 2. The van der Waals surface area contributed by atoms with E-state index in [1.165, 1.54) is 43.5 Å². The topological polar surface area (TPSA) is 87.1 Å². The molecular formula is C24H17F2NO5. The minimum absolute atomic E-state index is 0.155. The van der Waals surface area contributed by atoms with E-state index in [0.29, 0.717) is 11.8 Å². The summed E-state index contributed by atoms with van der Waals surface area (Å²) in [5, 5.41) is 20.9. The van der Waals surface area contributed by atoms with E-state index in [2.05, 4.69) is 0 Å². The van der Waals surface area contributed by atoms with Crippen LogP contribution in [0.15, 0.2) is 72.3 Å². The van der Waals surface area contributed by atoms with Gasteiger partial charge in [0.15, 0.2) is 0 Å². The number of nitrogens with zero attached hydrogens (tertiary/aromatic N) is 1. The van der Waals surface area contributed by atoms with Crippen LogP contribution in [-0.2, 0) is 9.59 Å². The number of hydrogen-bond acceptors (Lipinski definition) is 5. The third-order valence-electron chi connectivity index (χ3n) is 5.16. The maximum Gasteiger partial charge on any atom is 0.300 e. The standard InChI is InChI=1S/C24H17F2NO5/c1-32-17-8-5-13(6-9-17)22(29)20-21(14-3-2-4-16(28)11-14)27(24(31)23(20)30)19-10-7-15(25)12-18(19)26/h2-12,21,28-29H,1H3/b22-20+. The molecule has 2 N–H and O–H groups in total. The second-order valence-electron chi connectivity index (χ2n) is 7.09. The quantitative estimate of drug-likeness (QED) is 0.361. The van der Waals surface area contributed by atoms with Gasteiger partial charge in [0, 0.05) is 11.6 Å². The van der Waals surface area contributed by atoms with E-state index < -0.39 is 35.1 Å². The highest BCUT2D eigenvalue weighted by molar-refractivity contribution is 6.51. The number of benzene rings is 3. The van der Waals surface area contributed by atoms with Gasteiger partial charge in [0.05, 0.1) is 24.4 Å². The maximum atomic E-state index is 14.6. The molecule has 1 amide bonds. The van der Waals surface area contributed by atoms with Crippen LogP contribution in [0.2, 0.25) is 0 Å². The summed E-state index contributed by atoms with van der Waals surface area (Å²) in [6.07, 6.45) is 0. The number of methoxy groups -OCH3 is 1. The lowest BCUT2D eigenvalue weighted by Crippen LogP contribution is -2.30. The van der Waals surface area contributed by atoms with Crippen molar-refractivity contribution in [2.75, 3.05) is 12.0 Å². The van der Waals surface area contributed by atoms with Crippen molar-refractivity contribution >= 4 is 23.1 Å². The number of rotatable bonds is 4. The van der Waals surface area contributed by atoms with Gasteiger partial charge in [-0.3, -0.25) is 14.5 Å². The zero-order valence-electron chi connectivity index (χ0n) is 16.8. The van der Waals surface area contributed by atoms with Crippen molar-refractivity contribution in [2.45, 2.75) is 6.04 Å². The Morgan fingerprint density at radius 3 is 2.34 bits per heavy atom. The van der Waals surface area contributed by atoms with Crippen LogP contribution in [0, 0.1) is 11.6 Å². The maximum absolute atomic E-state index is 14.6. The molecule has 4 rings (SSSR count). The van der Waals surface area contributed by atoms with Gasteiger partial charge >= 0.3 is 0 Å². The Kier molecular flexibility index (Phi) is 5.36. The fourth-order valence-electron chi connectivity index (χ4n) is 3.67. The van der Waals surface area contributed by atoms with Crippen LogP contribution in [0.4, 0.5) is 14.5 Å². The van der Waals surface area contributed by atoms with Gasteiger partial charge in [-0.1, -0.05) is 12.1 Å². The zero-order valence-corrected chi connectivity index (χ0v) is 16.8. The SMILES string of the molecule is COc1ccc(/C(O)=C2\C(=O)C(=O)N(c3ccc(F)cc3F)C2c2cccc(O)c2)cc1. The van der Waals surface area contributed by atoms with E-state index in [4.69, 9.17) is 4.74 Å². The highest BCUT2D eigenvalue weighted by Gasteiger charge is 2.47. The number of phenols is 1. The van der Waals surface area contributed by atoms with E-state index in [-0.39, 0.29) is 28.1 Å². The Morgan fingerprint density at radius 2 is 1.72 bits per heavy atom. The van der Waals surface area contributed by atoms with E-state index in [1.807, 2.05) is 0 Å². The van der Waals surface area contributed by atoms with Crippen molar-refractivity contribution in [1.82, 2.24) is 0 Å². The summed E-state index contributed by atoms with van der Waals surface area (Å²) >= 11 is 0. The second-order valence-corrected chi connectivity index (χ2v) is 7.09.